The minimum Gasteiger partial charge on any atom is -0.258 e. The Bertz CT molecular complexity index is 846. The van der Waals surface area contributed by atoms with Gasteiger partial charge in [0.25, 0.3) is 0 Å². The molecule has 8 heteroatoms. The Labute approximate surface area is 124 Å². The van der Waals surface area contributed by atoms with Crippen LogP contribution in [0.25, 0.3) is 6.08 Å². The second kappa shape index (κ2) is 5.87. The highest BCUT2D eigenvalue weighted by Gasteiger charge is 2.21. The maximum atomic E-state index is 12.3. The van der Waals surface area contributed by atoms with E-state index < -0.39 is 19.7 Å². The summed E-state index contributed by atoms with van der Waals surface area (Å²) in [6.07, 6.45) is 1.14. The first-order chi connectivity index (χ1) is 9.95. The van der Waals surface area contributed by atoms with Gasteiger partial charge in [0.1, 0.15) is 6.07 Å². The van der Waals surface area contributed by atoms with Crippen molar-refractivity contribution in [2.24, 2.45) is 0 Å². The molecule has 0 fully saturated rings. The van der Waals surface area contributed by atoms with Crippen molar-refractivity contribution in [3.05, 3.63) is 62.4 Å². The summed E-state index contributed by atoms with van der Waals surface area (Å²) in [5, 5.41) is 19.6. The lowest BCUT2D eigenvalue weighted by Crippen LogP contribution is -2.02. The molecule has 0 N–H and O–H groups in total. The fraction of sp³-hybridized carbons (Fsp3) is 0. The Kier molecular flexibility index (Phi) is 4.16. The Morgan fingerprint density at radius 1 is 1.24 bits per heavy atom. The van der Waals surface area contributed by atoms with Gasteiger partial charge in [-0.05, 0) is 24.3 Å². The summed E-state index contributed by atoms with van der Waals surface area (Å²) >= 11 is 0.805. The molecule has 0 aliphatic rings. The van der Waals surface area contributed by atoms with Gasteiger partial charge in [-0.1, -0.05) is 29.5 Å². The van der Waals surface area contributed by atoms with Gasteiger partial charge in [0.05, 0.1) is 9.82 Å². The van der Waals surface area contributed by atoms with Gasteiger partial charge in [0.15, 0.2) is 4.91 Å². The van der Waals surface area contributed by atoms with Crippen molar-refractivity contribution in [2.45, 2.75) is 4.90 Å². The van der Waals surface area contributed by atoms with E-state index in [1.54, 1.807) is 24.3 Å². The minimum absolute atomic E-state index is 0.00357. The molecule has 1 aromatic carbocycles. The van der Waals surface area contributed by atoms with Crippen molar-refractivity contribution >= 4 is 32.3 Å². The molecule has 0 amide bonds. The molecule has 106 valence electrons. The smallest absolute Gasteiger partial charge is 0.258 e. The lowest BCUT2D eigenvalue weighted by atomic mass is 10.4. The topological polar surface area (TPSA) is 101 Å². The van der Waals surface area contributed by atoms with E-state index in [1.165, 1.54) is 24.3 Å². The van der Waals surface area contributed by atoms with Crippen LogP contribution in [0.5, 0.6) is 0 Å². The maximum absolute atomic E-state index is 12.3. The zero-order valence-electron chi connectivity index (χ0n) is 10.5. The number of nitrogens with zero attached hydrogens (tertiary/aromatic N) is 2. The number of nitro groups is 1. The second-order valence-corrected chi connectivity index (χ2v) is 6.88. The van der Waals surface area contributed by atoms with E-state index in [0.717, 1.165) is 17.4 Å². The largest absolute Gasteiger partial charge is 0.324 e. The quantitative estimate of drug-likeness (QED) is 0.489. The van der Waals surface area contributed by atoms with E-state index in [1.807, 2.05) is 0 Å². The summed E-state index contributed by atoms with van der Waals surface area (Å²) in [6, 6.07) is 11.8. The third-order valence-electron chi connectivity index (χ3n) is 2.52. The van der Waals surface area contributed by atoms with Gasteiger partial charge in [-0.25, -0.2) is 8.42 Å². The molecule has 6 nitrogen and oxygen atoms in total. The number of nitriles is 1. The molecule has 0 spiro atoms. The average molecular weight is 320 g/mol. The molecule has 0 atom stereocenters. The molecule has 0 saturated heterocycles. The molecule has 2 rings (SSSR count). The van der Waals surface area contributed by atoms with Crippen LogP contribution in [0.15, 0.2) is 52.3 Å². The van der Waals surface area contributed by atoms with Crippen LogP contribution < -0.4 is 0 Å². The average Bonchev–Trinajstić information content (AvgIpc) is 2.94. The number of sulfone groups is 1. The molecule has 1 aromatic heterocycles. The number of rotatable bonds is 4. The van der Waals surface area contributed by atoms with Crippen LogP contribution in [0.2, 0.25) is 0 Å². The van der Waals surface area contributed by atoms with Gasteiger partial charge in [-0.15, -0.1) is 0 Å². The van der Waals surface area contributed by atoms with Crippen LogP contribution in [0.4, 0.5) is 5.00 Å². The predicted octanol–water partition coefficient (Wildman–Crippen LogP) is 2.99. The number of thiophene rings is 1. The maximum Gasteiger partial charge on any atom is 0.324 e. The van der Waals surface area contributed by atoms with Gasteiger partial charge < -0.3 is 0 Å². The van der Waals surface area contributed by atoms with Gasteiger partial charge in [-0.3, -0.25) is 10.1 Å². The normalized spacial score (nSPS) is 11.9. The first kappa shape index (κ1) is 14.9. The summed E-state index contributed by atoms with van der Waals surface area (Å²) in [4.78, 5) is 9.91. The van der Waals surface area contributed by atoms with Crippen LogP contribution in [0.3, 0.4) is 0 Å². The van der Waals surface area contributed by atoms with Gasteiger partial charge in [0, 0.05) is 10.9 Å². The molecule has 0 bridgehead atoms. The molecule has 2 aromatic rings. The van der Waals surface area contributed by atoms with E-state index in [0.29, 0.717) is 4.88 Å². The molecular formula is C13H8N2O4S2. The third kappa shape index (κ3) is 3.16. The fourth-order valence-electron chi connectivity index (χ4n) is 1.54. The first-order valence-electron chi connectivity index (χ1n) is 5.61. The Morgan fingerprint density at radius 3 is 2.43 bits per heavy atom. The zero-order chi connectivity index (χ0) is 15.5. The molecule has 21 heavy (non-hydrogen) atoms. The van der Waals surface area contributed by atoms with Crippen molar-refractivity contribution in [3.8, 4) is 6.07 Å². The Hall–Kier alpha value is -2.50. The summed E-state index contributed by atoms with van der Waals surface area (Å²) in [7, 11) is -3.92. The van der Waals surface area contributed by atoms with E-state index in [9.17, 15) is 18.5 Å². The molecule has 0 aliphatic carbocycles. The van der Waals surface area contributed by atoms with Crippen molar-refractivity contribution in [1.29, 1.82) is 5.26 Å². The number of allylic oxidation sites excluding steroid dienone is 1. The number of benzene rings is 1. The van der Waals surface area contributed by atoms with Crippen molar-refractivity contribution in [1.82, 2.24) is 0 Å². The third-order valence-corrected chi connectivity index (χ3v) is 5.18. The molecule has 0 saturated carbocycles. The monoisotopic (exact) mass is 320 g/mol. The summed E-state index contributed by atoms with van der Waals surface area (Å²) in [5.74, 6) is 0. The molecule has 0 unspecified atom stereocenters. The van der Waals surface area contributed by atoms with Crippen molar-refractivity contribution in [3.63, 3.8) is 0 Å². The SMILES string of the molecule is N#C/C(=C\c1ccc([N+](=O)[O-])s1)S(=O)(=O)c1ccccc1. The van der Waals surface area contributed by atoms with Crippen molar-refractivity contribution in [2.75, 3.05) is 0 Å². The number of hydrogen-bond acceptors (Lipinski definition) is 6. The Balaban J connectivity index is 2.46. The van der Waals surface area contributed by atoms with E-state index in [-0.39, 0.29) is 9.90 Å². The van der Waals surface area contributed by atoms with Crippen LogP contribution in [0, 0.1) is 21.4 Å². The van der Waals surface area contributed by atoms with Gasteiger partial charge in [0.2, 0.25) is 9.84 Å². The highest BCUT2D eigenvalue weighted by Crippen LogP contribution is 2.28. The van der Waals surface area contributed by atoms with E-state index >= 15 is 0 Å². The van der Waals surface area contributed by atoms with E-state index in [4.69, 9.17) is 5.26 Å². The lowest BCUT2D eigenvalue weighted by Gasteiger charge is -2.01. The lowest BCUT2D eigenvalue weighted by molar-refractivity contribution is -0.380. The summed E-state index contributed by atoms with van der Waals surface area (Å²) in [5.41, 5.74) is 0. The first-order valence-corrected chi connectivity index (χ1v) is 7.91. The summed E-state index contributed by atoms with van der Waals surface area (Å²) < 4.78 is 24.6. The van der Waals surface area contributed by atoms with Gasteiger partial charge >= 0.3 is 5.00 Å². The summed E-state index contributed by atoms with van der Waals surface area (Å²) in [6.45, 7) is 0. The van der Waals surface area contributed by atoms with Crippen LogP contribution in [0.1, 0.15) is 4.88 Å². The van der Waals surface area contributed by atoms with E-state index in [2.05, 4.69) is 0 Å². The molecule has 1 heterocycles. The highest BCUT2D eigenvalue weighted by molar-refractivity contribution is 7.95. The fourth-order valence-corrected chi connectivity index (χ4v) is 3.55. The highest BCUT2D eigenvalue weighted by atomic mass is 32.2. The van der Waals surface area contributed by atoms with Crippen LogP contribution >= 0.6 is 11.3 Å². The zero-order valence-corrected chi connectivity index (χ0v) is 12.1. The molecule has 0 radical (unpaired) electrons. The predicted molar refractivity (Wildman–Crippen MR) is 78.2 cm³/mol. The van der Waals surface area contributed by atoms with Gasteiger partial charge in [-0.2, -0.15) is 5.26 Å². The van der Waals surface area contributed by atoms with Crippen LogP contribution in [-0.4, -0.2) is 13.3 Å². The Morgan fingerprint density at radius 2 is 1.90 bits per heavy atom. The standard InChI is InChI=1S/C13H8N2O4S2/c14-9-12(8-10-6-7-13(20-10)15(16)17)21(18,19)11-4-2-1-3-5-11/h1-8H/b12-8+. The van der Waals surface area contributed by atoms with Crippen LogP contribution in [-0.2, 0) is 9.84 Å². The minimum atomic E-state index is -3.92. The number of hydrogen-bond donors (Lipinski definition) is 0. The molecule has 0 aliphatic heterocycles. The second-order valence-electron chi connectivity index (χ2n) is 3.87. The molecular weight excluding hydrogens is 312 g/mol. The van der Waals surface area contributed by atoms with Crippen molar-refractivity contribution < 1.29 is 13.3 Å².